The van der Waals surface area contributed by atoms with Crippen LogP contribution in [0.1, 0.15) is 0 Å². The molecule has 12 heavy (non-hydrogen) atoms. The zero-order valence-corrected chi connectivity index (χ0v) is 6.36. The molecule has 0 N–H and O–H groups in total. The molecule has 0 spiro atoms. The largest absolute Gasteiger partial charge is 0.197 e. The number of nitriles is 2. The maximum atomic E-state index is 8.93. The third-order valence-corrected chi connectivity index (χ3v) is 3.39. The molecular formula is C10H6N2. The van der Waals surface area contributed by atoms with Gasteiger partial charge in [0, 0.05) is 23.3 Å². The molecule has 4 atom stereocenters. The van der Waals surface area contributed by atoms with Gasteiger partial charge in [0.05, 0.1) is 17.6 Å². The number of fused-ring (bicyclic) bond motifs is 1. The average Bonchev–Trinajstić information content (AvgIpc) is 2.42. The first-order valence-electron chi connectivity index (χ1n) is 4.06. The van der Waals surface area contributed by atoms with E-state index >= 15 is 0 Å². The molecule has 0 radical (unpaired) electrons. The summed E-state index contributed by atoms with van der Waals surface area (Å²) in [5.74, 6) is 1.03. The lowest BCUT2D eigenvalue weighted by Crippen LogP contribution is -2.01. The summed E-state index contributed by atoms with van der Waals surface area (Å²) in [6.07, 6.45) is 6.00. The first-order chi connectivity index (χ1) is 5.83. The fraction of sp³-hybridized carbons (Fsp3) is 0.400. The van der Waals surface area contributed by atoms with E-state index in [4.69, 9.17) is 10.5 Å². The third kappa shape index (κ3) is 0.374. The predicted molar refractivity (Wildman–Crippen MR) is 41.4 cm³/mol. The molecular weight excluding hydrogens is 148 g/mol. The summed E-state index contributed by atoms with van der Waals surface area (Å²) in [6, 6.07) is 4.54. The number of hydrogen-bond acceptors (Lipinski definition) is 2. The van der Waals surface area contributed by atoms with Crippen molar-refractivity contribution in [2.45, 2.75) is 0 Å². The summed E-state index contributed by atoms with van der Waals surface area (Å²) in [4.78, 5) is 0. The fourth-order valence-electron chi connectivity index (χ4n) is 2.73. The van der Waals surface area contributed by atoms with Crippen LogP contribution in [0.3, 0.4) is 0 Å². The highest BCUT2D eigenvalue weighted by atomic mass is 14.7. The molecule has 2 heteroatoms. The Balaban J connectivity index is 2.12. The second kappa shape index (κ2) is 1.47. The van der Waals surface area contributed by atoms with E-state index < -0.39 is 0 Å². The first kappa shape index (κ1) is 6.03. The Morgan fingerprint density at radius 2 is 2.25 bits per heavy atom. The summed E-state index contributed by atoms with van der Waals surface area (Å²) >= 11 is 0. The molecule has 3 aliphatic rings. The van der Waals surface area contributed by atoms with Crippen molar-refractivity contribution in [3.8, 4) is 12.1 Å². The average molecular weight is 154 g/mol. The van der Waals surface area contributed by atoms with Gasteiger partial charge in [0.25, 0.3) is 0 Å². The highest BCUT2D eigenvalue weighted by Gasteiger charge is 2.71. The maximum absolute atomic E-state index is 8.93. The SMILES string of the molecule is N#CC1=C[C@@H]2[C@@H]3[C@@H]1C=C[C@@]32C#N. The monoisotopic (exact) mass is 154 g/mol. The second-order valence-electron chi connectivity index (χ2n) is 3.72. The van der Waals surface area contributed by atoms with Crippen LogP contribution in [0.25, 0.3) is 0 Å². The molecule has 0 aromatic carbocycles. The predicted octanol–water partition coefficient (Wildman–Crippen LogP) is 1.39. The van der Waals surface area contributed by atoms with E-state index in [1.54, 1.807) is 0 Å². The molecule has 56 valence electrons. The lowest BCUT2D eigenvalue weighted by molar-refractivity contribution is 0.647. The smallest absolute Gasteiger partial charge is 0.0950 e. The third-order valence-electron chi connectivity index (χ3n) is 3.39. The van der Waals surface area contributed by atoms with Crippen LogP contribution in [0.15, 0.2) is 23.8 Å². The maximum Gasteiger partial charge on any atom is 0.0950 e. The molecule has 0 unspecified atom stereocenters. The highest BCUT2D eigenvalue weighted by Crippen LogP contribution is 2.72. The van der Waals surface area contributed by atoms with E-state index in [1.807, 2.05) is 18.2 Å². The summed E-state index contributed by atoms with van der Waals surface area (Å²) < 4.78 is 0. The Kier molecular flexibility index (Phi) is 0.739. The highest BCUT2D eigenvalue weighted by molar-refractivity contribution is 5.53. The van der Waals surface area contributed by atoms with Crippen LogP contribution < -0.4 is 0 Å². The molecule has 3 aliphatic carbocycles. The number of nitrogens with zero attached hydrogens (tertiary/aromatic N) is 2. The Morgan fingerprint density at radius 3 is 2.83 bits per heavy atom. The van der Waals surface area contributed by atoms with Crippen molar-refractivity contribution < 1.29 is 0 Å². The molecule has 1 fully saturated rings. The van der Waals surface area contributed by atoms with Crippen LogP contribution >= 0.6 is 0 Å². The zero-order valence-electron chi connectivity index (χ0n) is 6.36. The Labute approximate surface area is 70.4 Å². The van der Waals surface area contributed by atoms with Gasteiger partial charge in [0.15, 0.2) is 0 Å². The van der Waals surface area contributed by atoms with E-state index in [0.717, 1.165) is 5.57 Å². The van der Waals surface area contributed by atoms with Gasteiger partial charge in [-0.25, -0.2) is 0 Å². The zero-order chi connectivity index (χ0) is 8.34. The normalized spacial score (nSPS) is 50.8. The van der Waals surface area contributed by atoms with Crippen molar-refractivity contribution in [2.75, 3.05) is 0 Å². The lowest BCUT2D eigenvalue weighted by Gasteiger charge is -2.02. The van der Waals surface area contributed by atoms with Crippen molar-refractivity contribution >= 4 is 0 Å². The van der Waals surface area contributed by atoms with Crippen molar-refractivity contribution in [2.24, 2.45) is 23.2 Å². The van der Waals surface area contributed by atoms with Gasteiger partial charge in [-0.2, -0.15) is 10.5 Å². The Morgan fingerprint density at radius 1 is 1.42 bits per heavy atom. The quantitative estimate of drug-likeness (QED) is 0.495. The van der Waals surface area contributed by atoms with Gasteiger partial charge >= 0.3 is 0 Å². The second-order valence-corrected chi connectivity index (χ2v) is 3.72. The van der Waals surface area contributed by atoms with Gasteiger partial charge in [-0.1, -0.05) is 18.2 Å². The lowest BCUT2D eigenvalue weighted by atomic mass is 9.97. The molecule has 0 bridgehead atoms. The van der Waals surface area contributed by atoms with Crippen LogP contribution in [0, 0.1) is 45.8 Å². The van der Waals surface area contributed by atoms with Gasteiger partial charge < -0.3 is 0 Å². The first-order valence-corrected chi connectivity index (χ1v) is 4.06. The van der Waals surface area contributed by atoms with Crippen molar-refractivity contribution in [1.29, 1.82) is 10.5 Å². The summed E-state index contributed by atoms with van der Waals surface area (Å²) in [6.45, 7) is 0. The van der Waals surface area contributed by atoms with Crippen molar-refractivity contribution in [3.05, 3.63) is 23.8 Å². The van der Waals surface area contributed by atoms with Crippen LogP contribution in [-0.4, -0.2) is 0 Å². The number of rotatable bonds is 0. The molecule has 0 aromatic heterocycles. The summed E-state index contributed by atoms with van der Waals surface area (Å²) in [7, 11) is 0. The van der Waals surface area contributed by atoms with Crippen molar-refractivity contribution in [1.82, 2.24) is 0 Å². The fourth-order valence-corrected chi connectivity index (χ4v) is 2.73. The Bertz CT molecular complexity index is 405. The van der Waals surface area contributed by atoms with Gasteiger partial charge in [-0.3, -0.25) is 0 Å². The van der Waals surface area contributed by atoms with Gasteiger partial charge in [0.2, 0.25) is 0 Å². The van der Waals surface area contributed by atoms with Gasteiger partial charge in [-0.15, -0.1) is 0 Å². The molecule has 0 heterocycles. The molecule has 0 saturated heterocycles. The minimum atomic E-state index is -0.203. The summed E-state index contributed by atoms with van der Waals surface area (Å²) in [5.41, 5.74) is 0.662. The van der Waals surface area contributed by atoms with Crippen LogP contribution in [-0.2, 0) is 0 Å². The minimum Gasteiger partial charge on any atom is -0.197 e. The Hall–Kier alpha value is -1.54. The van der Waals surface area contributed by atoms with E-state index in [0.29, 0.717) is 11.8 Å². The van der Waals surface area contributed by atoms with E-state index in [2.05, 4.69) is 12.1 Å². The van der Waals surface area contributed by atoms with E-state index in [-0.39, 0.29) is 11.3 Å². The number of hydrogen-bond donors (Lipinski definition) is 0. The van der Waals surface area contributed by atoms with Crippen LogP contribution in [0.2, 0.25) is 0 Å². The molecule has 0 aliphatic heterocycles. The molecule has 2 nitrogen and oxygen atoms in total. The molecule has 0 amide bonds. The van der Waals surface area contributed by atoms with E-state index in [9.17, 15) is 0 Å². The molecule has 1 saturated carbocycles. The number of allylic oxidation sites excluding steroid dienone is 4. The van der Waals surface area contributed by atoms with Crippen LogP contribution in [0.4, 0.5) is 0 Å². The van der Waals surface area contributed by atoms with Gasteiger partial charge in [0.1, 0.15) is 0 Å². The minimum absolute atomic E-state index is 0.203. The topological polar surface area (TPSA) is 47.6 Å². The molecule has 3 rings (SSSR count). The van der Waals surface area contributed by atoms with Gasteiger partial charge in [-0.05, 0) is 0 Å². The molecule has 0 aromatic rings. The van der Waals surface area contributed by atoms with Crippen LogP contribution in [0.5, 0.6) is 0 Å². The van der Waals surface area contributed by atoms with Crippen molar-refractivity contribution in [3.63, 3.8) is 0 Å². The summed E-state index contributed by atoms with van der Waals surface area (Å²) in [5, 5.41) is 17.7. The van der Waals surface area contributed by atoms with E-state index in [1.165, 1.54) is 0 Å². The standard InChI is InChI=1S/C10H6N2/c11-4-6-3-8-9-7(6)1-2-10(8,9)5-12/h1-3,7-9H/t7-,8-,9+,10+/m1/s1.